The standard InChI is InChI=1S/C13H24N4O2S.ClH/c1-4-9-17(12-5-7-14-8-6-12)20(18,19)13-10-16(3)11(2)15-13;/h10,12,14H,4-9H2,1-3H3;1H. The summed E-state index contributed by atoms with van der Waals surface area (Å²) in [5.74, 6) is 0.713. The molecular formula is C13H25ClN4O2S. The number of imidazole rings is 1. The fourth-order valence-corrected chi connectivity index (χ4v) is 4.39. The molecule has 1 fully saturated rings. The molecule has 0 aliphatic carbocycles. The third-order valence-electron chi connectivity index (χ3n) is 3.82. The lowest BCUT2D eigenvalue weighted by Crippen LogP contribution is -2.46. The first-order valence-electron chi connectivity index (χ1n) is 7.19. The Kier molecular flexibility index (Phi) is 6.65. The molecule has 0 unspecified atom stereocenters. The van der Waals surface area contributed by atoms with Gasteiger partial charge in [-0.3, -0.25) is 0 Å². The van der Waals surface area contributed by atoms with Crippen molar-refractivity contribution >= 4 is 22.4 Å². The number of halogens is 1. The van der Waals surface area contributed by atoms with Crippen molar-refractivity contribution in [3.63, 3.8) is 0 Å². The van der Waals surface area contributed by atoms with E-state index in [1.54, 1.807) is 15.1 Å². The van der Waals surface area contributed by atoms with Crippen molar-refractivity contribution in [3.05, 3.63) is 12.0 Å². The van der Waals surface area contributed by atoms with Crippen LogP contribution in [-0.2, 0) is 17.1 Å². The Bertz CT molecular complexity index is 533. The first kappa shape index (κ1) is 18.4. The minimum absolute atomic E-state index is 0. The molecular weight excluding hydrogens is 312 g/mol. The van der Waals surface area contributed by atoms with Crippen LogP contribution in [0.25, 0.3) is 0 Å². The van der Waals surface area contributed by atoms with Crippen LogP contribution in [0.3, 0.4) is 0 Å². The molecule has 1 aromatic heterocycles. The fraction of sp³-hybridized carbons (Fsp3) is 0.769. The van der Waals surface area contributed by atoms with E-state index in [9.17, 15) is 8.42 Å². The number of nitrogens with one attached hydrogen (secondary N) is 1. The van der Waals surface area contributed by atoms with E-state index >= 15 is 0 Å². The van der Waals surface area contributed by atoms with Gasteiger partial charge in [0.05, 0.1) is 0 Å². The van der Waals surface area contributed by atoms with E-state index in [-0.39, 0.29) is 23.5 Å². The Balaban J connectivity index is 0.00000220. The van der Waals surface area contributed by atoms with Gasteiger partial charge in [-0.1, -0.05) is 6.92 Å². The van der Waals surface area contributed by atoms with E-state index in [1.165, 1.54) is 0 Å². The van der Waals surface area contributed by atoms with Gasteiger partial charge in [-0.15, -0.1) is 12.4 Å². The summed E-state index contributed by atoms with van der Waals surface area (Å²) in [7, 11) is -1.68. The van der Waals surface area contributed by atoms with Gasteiger partial charge in [0.2, 0.25) is 0 Å². The number of piperidine rings is 1. The lowest BCUT2D eigenvalue weighted by Gasteiger charge is -2.32. The zero-order valence-electron chi connectivity index (χ0n) is 12.9. The molecule has 122 valence electrons. The van der Waals surface area contributed by atoms with Crippen LogP contribution in [0, 0.1) is 6.92 Å². The lowest BCUT2D eigenvalue weighted by molar-refractivity contribution is 0.261. The number of sulfonamides is 1. The van der Waals surface area contributed by atoms with Crippen LogP contribution in [-0.4, -0.2) is 48.0 Å². The number of aryl methyl sites for hydroxylation is 2. The summed E-state index contributed by atoms with van der Waals surface area (Å²) in [6.07, 6.45) is 4.15. The second kappa shape index (κ2) is 7.58. The Morgan fingerprint density at radius 3 is 2.52 bits per heavy atom. The molecule has 0 radical (unpaired) electrons. The van der Waals surface area contributed by atoms with Gasteiger partial charge in [0.25, 0.3) is 10.0 Å². The van der Waals surface area contributed by atoms with Crippen molar-refractivity contribution in [2.45, 2.75) is 44.2 Å². The van der Waals surface area contributed by atoms with Crippen LogP contribution in [0.1, 0.15) is 32.0 Å². The number of rotatable bonds is 5. The predicted octanol–water partition coefficient (Wildman–Crippen LogP) is 1.30. The van der Waals surface area contributed by atoms with E-state index in [0.29, 0.717) is 12.4 Å². The van der Waals surface area contributed by atoms with Crippen molar-refractivity contribution in [1.29, 1.82) is 0 Å². The molecule has 0 atom stereocenters. The third kappa shape index (κ3) is 3.97. The van der Waals surface area contributed by atoms with E-state index < -0.39 is 10.0 Å². The van der Waals surface area contributed by atoms with Crippen LogP contribution in [0.5, 0.6) is 0 Å². The van der Waals surface area contributed by atoms with Gasteiger partial charge < -0.3 is 9.88 Å². The molecule has 0 saturated carbocycles. The molecule has 6 nitrogen and oxygen atoms in total. The number of aromatic nitrogens is 2. The van der Waals surface area contributed by atoms with Gasteiger partial charge >= 0.3 is 0 Å². The topological polar surface area (TPSA) is 67.2 Å². The first-order valence-corrected chi connectivity index (χ1v) is 8.63. The van der Waals surface area contributed by atoms with Crippen LogP contribution in [0.2, 0.25) is 0 Å². The van der Waals surface area contributed by atoms with E-state index in [4.69, 9.17) is 0 Å². The molecule has 21 heavy (non-hydrogen) atoms. The second-order valence-corrected chi connectivity index (χ2v) is 7.17. The Morgan fingerprint density at radius 1 is 1.43 bits per heavy atom. The molecule has 1 aliphatic rings. The van der Waals surface area contributed by atoms with Gasteiger partial charge in [-0.25, -0.2) is 13.4 Å². The average Bonchev–Trinajstić information content (AvgIpc) is 2.77. The monoisotopic (exact) mass is 336 g/mol. The Hall–Kier alpha value is -0.630. The summed E-state index contributed by atoms with van der Waals surface area (Å²) in [6, 6.07) is 0.0866. The van der Waals surface area contributed by atoms with Gasteiger partial charge in [0.15, 0.2) is 5.03 Å². The normalized spacial score (nSPS) is 17.0. The molecule has 0 aromatic carbocycles. The maximum absolute atomic E-state index is 12.8. The highest BCUT2D eigenvalue weighted by Gasteiger charge is 2.33. The summed E-state index contributed by atoms with van der Waals surface area (Å²) >= 11 is 0. The molecule has 2 rings (SSSR count). The molecule has 1 saturated heterocycles. The summed E-state index contributed by atoms with van der Waals surface area (Å²) in [5, 5.41) is 3.45. The molecule has 0 bridgehead atoms. The van der Waals surface area contributed by atoms with Gasteiger partial charge in [0.1, 0.15) is 5.82 Å². The molecule has 1 N–H and O–H groups in total. The molecule has 0 amide bonds. The average molecular weight is 337 g/mol. The molecule has 2 heterocycles. The van der Waals surface area contributed by atoms with Crippen molar-refractivity contribution in [3.8, 4) is 0 Å². The predicted molar refractivity (Wildman–Crippen MR) is 85.3 cm³/mol. The Morgan fingerprint density at radius 2 is 2.05 bits per heavy atom. The minimum Gasteiger partial charge on any atom is -0.337 e. The smallest absolute Gasteiger partial charge is 0.262 e. The van der Waals surface area contributed by atoms with Crippen molar-refractivity contribution < 1.29 is 8.42 Å². The largest absolute Gasteiger partial charge is 0.337 e. The van der Waals surface area contributed by atoms with Crippen molar-refractivity contribution in [2.75, 3.05) is 19.6 Å². The third-order valence-corrected chi connectivity index (χ3v) is 5.64. The minimum atomic E-state index is -3.49. The fourth-order valence-electron chi connectivity index (χ4n) is 2.58. The van der Waals surface area contributed by atoms with Crippen LogP contribution < -0.4 is 5.32 Å². The van der Waals surface area contributed by atoms with Crippen LogP contribution >= 0.6 is 12.4 Å². The number of nitrogens with zero attached hydrogens (tertiary/aromatic N) is 3. The van der Waals surface area contributed by atoms with Gasteiger partial charge in [0, 0.05) is 25.8 Å². The number of hydrogen-bond acceptors (Lipinski definition) is 4. The van der Waals surface area contributed by atoms with Crippen molar-refractivity contribution in [1.82, 2.24) is 19.2 Å². The molecule has 1 aliphatic heterocycles. The summed E-state index contributed by atoms with van der Waals surface area (Å²) in [5.41, 5.74) is 0. The summed E-state index contributed by atoms with van der Waals surface area (Å²) in [4.78, 5) is 4.20. The van der Waals surface area contributed by atoms with Crippen molar-refractivity contribution in [2.24, 2.45) is 7.05 Å². The Labute approximate surface area is 133 Å². The highest BCUT2D eigenvalue weighted by atomic mass is 35.5. The second-order valence-electron chi connectivity index (χ2n) is 5.33. The lowest BCUT2D eigenvalue weighted by atomic mass is 10.1. The molecule has 0 spiro atoms. The SMILES string of the molecule is CCCN(C1CCNCC1)S(=O)(=O)c1cn(C)c(C)n1.Cl. The van der Waals surface area contributed by atoms with Crippen LogP contribution in [0.4, 0.5) is 0 Å². The first-order chi connectivity index (χ1) is 9.46. The quantitative estimate of drug-likeness (QED) is 0.880. The van der Waals surface area contributed by atoms with E-state index in [2.05, 4.69) is 10.3 Å². The summed E-state index contributed by atoms with van der Waals surface area (Å²) in [6.45, 7) is 6.13. The number of hydrogen-bond donors (Lipinski definition) is 1. The van der Waals surface area contributed by atoms with Gasteiger partial charge in [-0.2, -0.15) is 4.31 Å². The molecule has 1 aromatic rings. The maximum atomic E-state index is 12.8. The summed E-state index contributed by atoms with van der Waals surface area (Å²) < 4.78 is 29.0. The zero-order valence-corrected chi connectivity index (χ0v) is 14.5. The van der Waals surface area contributed by atoms with Crippen LogP contribution in [0.15, 0.2) is 11.2 Å². The van der Waals surface area contributed by atoms with E-state index in [1.807, 2.05) is 20.9 Å². The van der Waals surface area contributed by atoms with E-state index in [0.717, 1.165) is 32.4 Å². The van der Waals surface area contributed by atoms with Gasteiger partial charge in [-0.05, 0) is 39.3 Å². The maximum Gasteiger partial charge on any atom is 0.262 e. The highest BCUT2D eigenvalue weighted by Crippen LogP contribution is 2.22. The zero-order chi connectivity index (χ0) is 14.8. The highest BCUT2D eigenvalue weighted by molar-refractivity contribution is 7.89. The molecule has 8 heteroatoms.